The maximum Gasteiger partial charge on any atom is 0.0979 e. The third kappa shape index (κ3) is 7.11. The van der Waals surface area contributed by atoms with Crippen molar-refractivity contribution in [2.45, 2.75) is 66.9 Å². The minimum absolute atomic E-state index is 0.276. The van der Waals surface area contributed by atoms with Crippen LogP contribution in [0.4, 0.5) is 0 Å². The number of allylic oxidation sites excluding steroid dienone is 9. The first-order valence-corrected chi connectivity index (χ1v) is 11.5. The smallest absolute Gasteiger partial charge is 0.0979 e. The molecule has 2 heteroatoms. The van der Waals surface area contributed by atoms with E-state index in [1.807, 2.05) is 32.1 Å². The van der Waals surface area contributed by atoms with Crippen LogP contribution >= 0.6 is 22.6 Å². The Kier molecular flexibility index (Phi) is 8.72. The van der Waals surface area contributed by atoms with Gasteiger partial charge in [0.25, 0.3) is 0 Å². The molecule has 0 bridgehead atoms. The Balaban J connectivity index is 2.05. The number of hydrogen-bond acceptors (Lipinski definition) is 1. The van der Waals surface area contributed by atoms with Gasteiger partial charge in [-0.3, -0.25) is 0 Å². The number of aliphatic hydroxyl groups is 1. The van der Waals surface area contributed by atoms with Crippen LogP contribution < -0.4 is 0 Å². The Hall–Kier alpha value is -1.39. The van der Waals surface area contributed by atoms with Crippen molar-refractivity contribution < 1.29 is 5.11 Å². The van der Waals surface area contributed by atoms with Gasteiger partial charge in [0, 0.05) is 3.57 Å². The Labute approximate surface area is 191 Å². The topological polar surface area (TPSA) is 20.2 Å². The van der Waals surface area contributed by atoms with Gasteiger partial charge in [0.1, 0.15) is 0 Å². The molecule has 0 amide bonds. The lowest BCUT2D eigenvalue weighted by atomic mass is 9.72. The number of halogens is 1. The van der Waals surface area contributed by atoms with Crippen LogP contribution in [0.25, 0.3) is 0 Å². The molecule has 29 heavy (non-hydrogen) atoms. The number of aliphatic hydroxyl groups excluding tert-OH is 1. The predicted molar refractivity (Wildman–Crippen MR) is 135 cm³/mol. The summed E-state index contributed by atoms with van der Waals surface area (Å²) in [5.41, 5.74) is 7.66. The molecule has 0 spiro atoms. The molecular formula is C27H35IO. The van der Waals surface area contributed by atoms with Crippen LogP contribution in [-0.4, -0.2) is 5.11 Å². The molecule has 1 nitrogen and oxygen atoms in total. The van der Waals surface area contributed by atoms with Crippen molar-refractivity contribution in [1.29, 1.82) is 0 Å². The van der Waals surface area contributed by atoms with Gasteiger partial charge in [-0.25, -0.2) is 0 Å². The molecule has 0 fully saturated rings. The van der Waals surface area contributed by atoms with Crippen LogP contribution in [0.15, 0.2) is 76.9 Å². The Morgan fingerprint density at radius 1 is 1.14 bits per heavy atom. The highest BCUT2D eigenvalue weighted by atomic mass is 127. The van der Waals surface area contributed by atoms with E-state index < -0.39 is 6.10 Å². The van der Waals surface area contributed by atoms with Gasteiger partial charge in [-0.2, -0.15) is 0 Å². The normalized spacial score (nSPS) is 19.4. The summed E-state index contributed by atoms with van der Waals surface area (Å²) < 4.78 is 1.19. The largest absolute Gasteiger partial charge is 0.384 e. The summed E-state index contributed by atoms with van der Waals surface area (Å²) in [4.78, 5) is 0. The highest BCUT2D eigenvalue weighted by molar-refractivity contribution is 14.1. The summed E-state index contributed by atoms with van der Waals surface area (Å²) in [6, 6.07) is 6.14. The molecule has 1 aliphatic rings. The van der Waals surface area contributed by atoms with E-state index in [-0.39, 0.29) is 5.41 Å². The second-order valence-electron chi connectivity index (χ2n) is 8.89. The van der Waals surface area contributed by atoms with Crippen LogP contribution in [0.5, 0.6) is 0 Å². The Morgan fingerprint density at radius 2 is 1.86 bits per heavy atom. The van der Waals surface area contributed by atoms with Crippen molar-refractivity contribution in [2.75, 3.05) is 0 Å². The van der Waals surface area contributed by atoms with Crippen LogP contribution in [-0.2, 0) is 0 Å². The first kappa shape index (κ1) is 23.9. The van der Waals surface area contributed by atoms with E-state index in [2.05, 4.69) is 86.7 Å². The van der Waals surface area contributed by atoms with Gasteiger partial charge < -0.3 is 5.11 Å². The lowest BCUT2D eigenvalue weighted by Gasteiger charge is -2.32. The van der Waals surface area contributed by atoms with Gasteiger partial charge in [-0.05, 0) is 110 Å². The summed E-state index contributed by atoms with van der Waals surface area (Å²) in [7, 11) is 0. The van der Waals surface area contributed by atoms with Crippen LogP contribution in [0.1, 0.15) is 71.1 Å². The quantitative estimate of drug-likeness (QED) is 0.307. The predicted octanol–water partition coefficient (Wildman–Crippen LogP) is 8.16. The third-order valence-corrected chi connectivity index (χ3v) is 6.42. The zero-order chi connectivity index (χ0) is 21.6. The van der Waals surface area contributed by atoms with E-state index in [0.29, 0.717) is 0 Å². The number of hydrogen-bond donors (Lipinski definition) is 1. The maximum absolute atomic E-state index is 10.5. The molecular weight excluding hydrogens is 467 g/mol. The SMILES string of the molecule is CC(C=CC1=C(C)CCCC1(C)C)=CC=CC(C)=CC(O)c1ccc(I)cc1C. The fourth-order valence-electron chi connectivity index (χ4n) is 4.00. The molecule has 1 unspecified atom stereocenters. The maximum atomic E-state index is 10.5. The second-order valence-corrected chi connectivity index (χ2v) is 10.1. The monoisotopic (exact) mass is 502 g/mol. The molecule has 0 heterocycles. The fourth-order valence-corrected chi connectivity index (χ4v) is 4.64. The van der Waals surface area contributed by atoms with E-state index in [1.54, 1.807) is 0 Å². The van der Waals surface area contributed by atoms with Crippen LogP contribution in [0.2, 0.25) is 0 Å². The minimum atomic E-state index is -0.579. The number of benzene rings is 1. The highest BCUT2D eigenvalue weighted by Gasteiger charge is 2.26. The Morgan fingerprint density at radius 3 is 2.52 bits per heavy atom. The highest BCUT2D eigenvalue weighted by Crippen LogP contribution is 2.40. The lowest BCUT2D eigenvalue weighted by Crippen LogP contribution is -2.19. The van der Waals surface area contributed by atoms with Crippen molar-refractivity contribution in [3.8, 4) is 0 Å². The molecule has 156 valence electrons. The molecule has 1 N–H and O–H groups in total. The third-order valence-electron chi connectivity index (χ3n) is 5.74. The fraction of sp³-hybridized carbons (Fsp3) is 0.407. The molecule has 0 radical (unpaired) electrons. The van der Waals surface area contributed by atoms with Gasteiger partial charge in [-0.1, -0.05) is 67.0 Å². The van der Waals surface area contributed by atoms with Gasteiger partial charge in [0.15, 0.2) is 0 Å². The lowest BCUT2D eigenvalue weighted by molar-refractivity contribution is 0.227. The molecule has 0 saturated heterocycles. The zero-order valence-electron chi connectivity index (χ0n) is 18.7. The van der Waals surface area contributed by atoms with Crippen molar-refractivity contribution >= 4 is 22.6 Å². The first-order chi connectivity index (χ1) is 13.6. The molecule has 1 aliphatic carbocycles. The first-order valence-electron chi connectivity index (χ1n) is 10.5. The summed E-state index contributed by atoms with van der Waals surface area (Å²) in [5, 5.41) is 10.5. The average Bonchev–Trinajstić information content (AvgIpc) is 2.60. The zero-order valence-corrected chi connectivity index (χ0v) is 20.9. The van der Waals surface area contributed by atoms with Crippen molar-refractivity contribution in [3.05, 3.63) is 91.6 Å². The molecule has 0 aliphatic heterocycles. The van der Waals surface area contributed by atoms with Crippen LogP contribution in [0, 0.1) is 15.9 Å². The van der Waals surface area contributed by atoms with Gasteiger partial charge in [0.2, 0.25) is 0 Å². The Bertz CT molecular complexity index is 878. The molecule has 2 rings (SSSR count). The second kappa shape index (κ2) is 10.6. The number of aryl methyl sites for hydroxylation is 1. The van der Waals surface area contributed by atoms with E-state index in [4.69, 9.17) is 0 Å². The molecule has 0 saturated carbocycles. The minimum Gasteiger partial charge on any atom is -0.384 e. The van der Waals surface area contributed by atoms with E-state index >= 15 is 0 Å². The summed E-state index contributed by atoms with van der Waals surface area (Å²) in [6.07, 6.45) is 15.9. The van der Waals surface area contributed by atoms with Gasteiger partial charge in [-0.15, -0.1) is 0 Å². The van der Waals surface area contributed by atoms with Gasteiger partial charge >= 0.3 is 0 Å². The molecule has 0 aromatic heterocycles. The molecule has 1 atom stereocenters. The number of rotatable bonds is 6. The van der Waals surface area contributed by atoms with Crippen molar-refractivity contribution in [1.82, 2.24) is 0 Å². The van der Waals surface area contributed by atoms with E-state index in [0.717, 1.165) is 16.7 Å². The standard InChI is InChI=1S/C27H35IO/c1-19(12-15-25-21(3)11-8-16-27(25,5)6)9-7-10-20(2)17-26(29)24-14-13-23(28)18-22(24)4/h7,9-10,12-15,17-18,26,29H,8,11,16H2,1-6H3. The van der Waals surface area contributed by atoms with Crippen molar-refractivity contribution in [2.24, 2.45) is 5.41 Å². The summed E-state index contributed by atoms with van der Waals surface area (Å²) in [6.45, 7) is 13.2. The van der Waals surface area contributed by atoms with Crippen molar-refractivity contribution in [3.63, 3.8) is 0 Å². The van der Waals surface area contributed by atoms with E-state index in [1.165, 1.54) is 39.6 Å². The van der Waals surface area contributed by atoms with Crippen LogP contribution in [0.3, 0.4) is 0 Å². The average molecular weight is 502 g/mol. The van der Waals surface area contributed by atoms with Gasteiger partial charge in [0.05, 0.1) is 6.10 Å². The van der Waals surface area contributed by atoms with E-state index in [9.17, 15) is 5.11 Å². The summed E-state index contributed by atoms with van der Waals surface area (Å²) in [5.74, 6) is 0. The molecule has 1 aromatic rings. The summed E-state index contributed by atoms with van der Waals surface area (Å²) >= 11 is 2.30. The molecule has 1 aromatic carbocycles.